The smallest absolute Gasteiger partial charge is 0.406 e. The van der Waals surface area contributed by atoms with Gasteiger partial charge in [0.1, 0.15) is 11.6 Å². The van der Waals surface area contributed by atoms with Crippen LogP contribution in [-0.2, 0) is 0 Å². The Labute approximate surface area is 158 Å². The lowest BCUT2D eigenvalue weighted by atomic mass is 9.89. The Balaban J connectivity index is 1.71. The minimum absolute atomic E-state index is 0.0524. The highest BCUT2D eigenvalue weighted by Gasteiger charge is 2.32. The highest BCUT2D eigenvalue weighted by Crippen LogP contribution is 2.26. The van der Waals surface area contributed by atoms with E-state index in [1.165, 1.54) is 41.3 Å². The maximum atomic E-state index is 13.0. The number of carbonyl (C=O) groups excluding carboxylic acids is 2. The molecule has 0 aliphatic carbocycles. The van der Waals surface area contributed by atoms with E-state index < -0.39 is 29.8 Å². The standard InChI is InChI=1S/C20H17F4NO3/c21-16-8-6-13(7-9-16)18(26)15-4-2-10-25(12-15)19(27)14-3-1-5-17(11-14)28-20(22,23)24/h1,3,5-9,11,15H,2,4,10,12H2/t15-/m0/s1. The van der Waals surface area contributed by atoms with E-state index in [0.717, 1.165) is 12.1 Å². The molecule has 1 aliphatic heterocycles. The van der Waals surface area contributed by atoms with Gasteiger partial charge in [-0.25, -0.2) is 4.39 Å². The number of carbonyl (C=O) groups is 2. The zero-order valence-electron chi connectivity index (χ0n) is 14.7. The fourth-order valence-electron chi connectivity index (χ4n) is 3.23. The van der Waals surface area contributed by atoms with Crippen molar-refractivity contribution in [1.82, 2.24) is 4.90 Å². The van der Waals surface area contributed by atoms with Crippen LogP contribution < -0.4 is 4.74 Å². The summed E-state index contributed by atoms with van der Waals surface area (Å²) >= 11 is 0. The van der Waals surface area contributed by atoms with Gasteiger partial charge in [0.05, 0.1) is 0 Å². The number of benzene rings is 2. The average Bonchev–Trinajstić information content (AvgIpc) is 2.66. The molecular formula is C20H17F4NO3. The van der Waals surface area contributed by atoms with Crippen molar-refractivity contribution in [2.75, 3.05) is 13.1 Å². The van der Waals surface area contributed by atoms with Gasteiger partial charge in [-0.2, -0.15) is 0 Å². The summed E-state index contributed by atoms with van der Waals surface area (Å²) in [4.78, 5) is 26.8. The van der Waals surface area contributed by atoms with Gasteiger partial charge in [0, 0.05) is 30.1 Å². The lowest BCUT2D eigenvalue weighted by Gasteiger charge is -2.32. The van der Waals surface area contributed by atoms with Gasteiger partial charge in [-0.1, -0.05) is 6.07 Å². The molecule has 4 nitrogen and oxygen atoms in total. The molecule has 0 radical (unpaired) electrons. The SMILES string of the molecule is O=C(c1ccc(F)cc1)[C@H]1CCCN(C(=O)c2cccc(OC(F)(F)F)c2)C1. The molecule has 0 spiro atoms. The lowest BCUT2D eigenvalue weighted by molar-refractivity contribution is -0.274. The largest absolute Gasteiger partial charge is 0.573 e. The summed E-state index contributed by atoms with van der Waals surface area (Å²) in [6.45, 7) is 0.551. The number of piperidine rings is 1. The first-order valence-electron chi connectivity index (χ1n) is 8.68. The van der Waals surface area contributed by atoms with E-state index >= 15 is 0 Å². The second kappa shape index (κ2) is 8.00. The number of hydrogen-bond donors (Lipinski definition) is 0. The second-order valence-corrected chi connectivity index (χ2v) is 6.54. The third-order valence-electron chi connectivity index (χ3n) is 4.52. The molecule has 1 atom stereocenters. The molecule has 0 aromatic heterocycles. The van der Waals surface area contributed by atoms with E-state index in [1.54, 1.807) is 0 Å². The van der Waals surface area contributed by atoms with Crippen molar-refractivity contribution in [3.05, 3.63) is 65.5 Å². The van der Waals surface area contributed by atoms with Gasteiger partial charge >= 0.3 is 6.36 Å². The molecule has 148 valence electrons. The fourth-order valence-corrected chi connectivity index (χ4v) is 3.23. The van der Waals surface area contributed by atoms with Gasteiger partial charge in [-0.05, 0) is 55.3 Å². The summed E-state index contributed by atoms with van der Waals surface area (Å²) in [5.41, 5.74) is 0.415. The predicted molar refractivity (Wildman–Crippen MR) is 92.5 cm³/mol. The molecule has 0 saturated carbocycles. The maximum Gasteiger partial charge on any atom is 0.573 e. The maximum absolute atomic E-state index is 13.0. The van der Waals surface area contributed by atoms with Crippen LogP contribution in [0.25, 0.3) is 0 Å². The van der Waals surface area contributed by atoms with Crippen molar-refractivity contribution in [3.8, 4) is 5.75 Å². The van der Waals surface area contributed by atoms with Crippen molar-refractivity contribution < 1.29 is 31.9 Å². The first kappa shape index (κ1) is 19.9. The van der Waals surface area contributed by atoms with Crippen LogP contribution in [0.5, 0.6) is 5.75 Å². The number of ether oxygens (including phenoxy) is 1. The van der Waals surface area contributed by atoms with Gasteiger partial charge in [-0.3, -0.25) is 9.59 Å². The molecule has 0 bridgehead atoms. The number of nitrogens with zero attached hydrogens (tertiary/aromatic N) is 1. The number of amides is 1. The molecule has 8 heteroatoms. The Bertz CT molecular complexity index is 864. The highest BCUT2D eigenvalue weighted by molar-refractivity contribution is 5.99. The Morgan fingerprint density at radius 2 is 1.75 bits per heavy atom. The van der Waals surface area contributed by atoms with Gasteiger partial charge in [-0.15, -0.1) is 13.2 Å². The fraction of sp³-hybridized carbons (Fsp3) is 0.300. The monoisotopic (exact) mass is 395 g/mol. The first-order chi connectivity index (χ1) is 13.2. The molecule has 1 fully saturated rings. The summed E-state index contributed by atoms with van der Waals surface area (Å²) in [5, 5.41) is 0. The Morgan fingerprint density at radius 3 is 2.43 bits per heavy atom. The predicted octanol–water partition coefficient (Wildman–Crippen LogP) is 4.46. The number of alkyl halides is 3. The molecule has 28 heavy (non-hydrogen) atoms. The van der Waals surface area contributed by atoms with Crippen LogP contribution in [0.2, 0.25) is 0 Å². The quantitative estimate of drug-likeness (QED) is 0.567. The van der Waals surface area contributed by atoms with Crippen LogP contribution in [0, 0.1) is 11.7 Å². The van der Waals surface area contributed by atoms with E-state index in [4.69, 9.17) is 0 Å². The molecule has 0 N–H and O–H groups in total. The third-order valence-corrected chi connectivity index (χ3v) is 4.52. The zero-order chi connectivity index (χ0) is 20.3. The van der Waals surface area contributed by atoms with Crippen LogP contribution in [-0.4, -0.2) is 36.0 Å². The van der Waals surface area contributed by atoms with Crippen LogP contribution in [0.15, 0.2) is 48.5 Å². The Morgan fingerprint density at radius 1 is 1.04 bits per heavy atom. The van der Waals surface area contributed by atoms with E-state index in [-0.39, 0.29) is 17.9 Å². The number of likely N-dealkylation sites (tertiary alicyclic amines) is 1. The van der Waals surface area contributed by atoms with Crippen LogP contribution in [0.1, 0.15) is 33.6 Å². The van der Waals surface area contributed by atoms with Gasteiger partial charge in [0.15, 0.2) is 5.78 Å². The molecule has 1 amide bonds. The molecule has 1 saturated heterocycles. The molecule has 3 rings (SSSR count). The molecule has 2 aromatic carbocycles. The summed E-state index contributed by atoms with van der Waals surface area (Å²) in [6, 6.07) is 10.0. The molecule has 1 heterocycles. The number of halogens is 4. The van der Waals surface area contributed by atoms with E-state index in [1.807, 2.05) is 0 Å². The number of ketones is 1. The van der Waals surface area contributed by atoms with Crippen molar-refractivity contribution in [2.24, 2.45) is 5.92 Å². The van der Waals surface area contributed by atoms with Crippen LogP contribution in [0.4, 0.5) is 17.6 Å². The summed E-state index contributed by atoms with van der Waals surface area (Å²) in [5.74, 6) is -2.03. The summed E-state index contributed by atoms with van der Waals surface area (Å²) in [7, 11) is 0. The van der Waals surface area contributed by atoms with E-state index in [0.29, 0.717) is 24.9 Å². The second-order valence-electron chi connectivity index (χ2n) is 6.54. The highest BCUT2D eigenvalue weighted by atomic mass is 19.4. The van der Waals surface area contributed by atoms with Gasteiger partial charge < -0.3 is 9.64 Å². The van der Waals surface area contributed by atoms with Gasteiger partial charge in [0.25, 0.3) is 5.91 Å². The zero-order valence-corrected chi connectivity index (χ0v) is 14.7. The number of hydrogen-bond acceptors (Lipinski definition) is 3. The lowest BCUT2D eigenvalue weighted by Crippen LogP contribution is -2.42. The van der Waals surface area contributed by atoms with Crippen molar-refractivity contribution in [1.29, 1.82) is 0 Å². The molecule has 0 unspecified atom stereocenters. The van der Waals surface area contributed by atoms with Crippen molar-refractivity contribution in [2.45, 2.75) is 19.2 Å². The third kappa shape index (κ3) is 4.88. The number of Topliss-reactive ketones (excluding diaryl/α,β-unsaturated/α-hetero) is 1. The Hall–Kier alpha value is -2.90. The van der Waals surface area contributed by atoms with Gasteiger partial charge in [0.2, 0.25) is 0 Å². The Kier molecular flexibility index (Phi) is 5.67. The van der Waals surface area contributed by atoms with Crippen molar-refractivity contribution in [3.63, 3.8) is 0 Å². The minimum Gasteiger partial charge on any atom is -0.406 e. The van der Waals surface area contributed by atoms with Crippen molar-refractivity contribution >= 4 is 11.7 Å². The summed E-state index contributed by atoms with van der Waals surface area (Å²) < 4.78 is 54.0. The molecule has 2 aromatic rings. The minimum atomic E-state index is -4.85. The van der Waals surface area contributed by atoms with E-state index in [2.05, 4.69) is 4.74 Å². The topological polar surface area (TPSA) is 46.6 Å². The number of rotatable bonds is 4. The summed E-state index contributed by atoms with van der Waals surface area (Å²) in [6.07, 6.45) is -3.68. The first-order valence-corrected chi connectivity index (χ1v) is 8.68. The molecular weight excluding hydrogens is 378 g/mol. The average molecular weight is 395 g/mol. The van der Waals surface area contributed by atoms with E-state index in [9.17, 15) is 27.2 Å². The normalized spacial score (nSPS) is 17.3. The van der Waals surface area contributed by atoms with Crippen LogP contribution in [0.3, 0.4) is 0 Å². The molecule has 1 aliphatic rings. The van der Waals surface area contributed by atoms with Crippen LogP contribution >= 0.6 is 0 Å².